The zero-order valence-corrected chi connectivity index (χ0v) is 3.63. The number of hydrogen-bond donors (Lipinski definition) is 2. The highest BCUT2D eigenvalue weighted by atomic mass is 32.1. The molecule has 0 unspecified atom stereocenters. The first kappa shape index (κ1) is 4.76. The highest BCUT2D eigenvalue weighted by Gasteiger charge is 1.64. The van der Waals surface area contributed by atoms with Gasteiger partial charge in [0.2, 0.25) is 0 Å². The second kappa shape index (κ2) is 2.03. The van der Waals surface area contributed by atoms with E-state index in [-0.39, 0.29) is 5.04 Å². The topological polar surface area (TPSA) is 23.9 Å². The molecule has 1 nitrogen and oxygen atoms in total. The minimum atomic E-state index is 0.213. The SMILES string of the molecule is C=CC(=N)S. The van der Waals surface area contributed by atoms with E-state index in [2.05, 4.69) is 19.2 Å². The molecule has 0 aliphatic rings. The zero-order valence-electron chi connectivity index (χ0n) is 2.73. The minimum Gasteiger partial charge on any atom is -0.294 e. The molecule has 0 saturated heterocycles. The zero-order chi connectivity index (χ0) is 4.28. The summed E-state index contributed by atoms with van der Waals surface area (Å²) in [7, 11) is 0. The molecule has 5 heavy (non-hydrogen) atoms. The van der Waals surface area contributed by atoms with Crippen molar-refractivity contribution in [2.45, 2.75) is 0 Å². The Morgan fingerprint density at radius 1 is 2.00 bits per heavy atom. The summed E-state index contributed by atoms with van der Waals surface area (Å²) in [5, 5.41) is 6.70. The van der Waals surface area contributed by atoms with Crippen LogP contribution < -0.4 is 0 Å². The first-order valence-electron chi connectivity index (χ1n) is 1.17. The van der Waals surface area contributed by atoms with E-state index in [1.807, 2.05) is 0 Å². The molecule has 0 fully saturated rings. The van der Waals surface area contributed by atoms with Crippen LogP contribution in [0.4, 0.5) is 0 Å². The highest BCUT2D eigenvalue weighted by Crippen LogP contribution is 1.74. The molecule has 28 valence electrons. The summed E-state index contributed by atoms with van der Waals surface area (Å²) in [6.07, 6.45) is 1.36. The average Bonchev–Trinajstić information content (AvgIpc) is 1.38. The van der Waals surface area contributed by atoms with E-state index in [1.165, 1.54) is 6.08 Å². The van der Waals surface area contributed by atoms with Gasteiger partial charge in [0.15, 0.2) is 0 Å². The Morgan fingerprint density at radius 3 is 2.20 bits per heavy atom. The third-order valence-corrected chi connectivity index (χ3v) is 0.376. The second-order valence-corrected chi connectivity index (χ2v) is 1.07. The van der Waals surface area contributed by atoms with E-state index in [9.17, 15) is 0 Å². The van der Waals surface area contributed by atoms with Crippen LogP contribution in [0.3, 0.4) is 0 Å². The van der Waals surface area contributed by atoms with Crippen LogP contribution in [0, 0.1) is 5.41 Å². The largest absolute Gasteiger partial charge is 0.294 e. The van der Waals surface area contributed by atoms with Crippen LogP contribution in [-0.2, 0) is 0 Å². The molecule has 0 bridgehead atoms. The summed E-state index contributed by atoms with van der Waals surface area (Å²) in [6.45, 7) is 3.26. The van der Waals surface area contributed by atoms with Crippen LogP contribution in [0.15, 0.2) is 12.7 Å². The summed E-state index contributed by atoms with van der Waals surface area (Å²) < 4.78 is 0. The lowest BCUT2D eigenvalue weighted by Crippen LogP contribution is -1.65. The predicted molar refractivity (Wildman–Crippen MR) is 26.9 cm³/mol. The molecule has 0 saturated carbocycles. The minimum absolute atomic E-state index is 0.213. The maximum Gasteiger partial charge on any atom is 0.0833 e. The van der Waals surface area contributed by atoms with Crippen molar-refractivity contribution in [1.82, 2.24) is 0 Å². The molecule has 0 aliphatic carbocycles. The van der Waals surface area contributed by atoms with E-state index < -0.39 is 0 Å². The molecule has 0 aromatic heterocycles. The molecule has 0 aromatic rings. The third-order valence-electron chi connectivity index (χ3n) is 0.193. The molecule has 2 heteroatoms. The van der Waals surface area contributed by atoms with Gasteiger partial charge in [-0.05, 0) is 6.08 Å². The van der Waals surface area contributed by atoms with Crippen molar-refractivity contribution in [3.05, 3.63) is 12.7 Å². The van der Waals surface area contributed by atoms with Crippen molar-refractivity contribution in [2.75, 3.05) is 0 Å². The number of rotatable bonds is 1. The monoisotopic (exact) mass is 87.0 g/mol. The van der Waals surface area contributed by atoms with Crippen LogP contribution >= 0.6 is 12.6 Å². The van der Waals surface area contributed by atoms with Crippen molar-refractivity contribution < 1.29 is 0 Å². The summed E-state index contributed by atoms with van der Waals surface area (Å²) in [5.74, 6) is 0. The van der Waals surface area contributed by atoms with Gasteiger partial charge >= 0.3 is 0 Å². The molecule has 0 amide bonds. The van der Waals surface area contributed by atoms with Crippen molar-refractivity contribution in [3.63, 3.8) is 0 Å². The lowest BCUT2D eigenvalue weighted by molar-refractivity contribution is 1.57. The van der Waals surface area contributed by atoms with Gasteiger partial charge in [-0.1, -0.05) is 6.58 Å². The van der Waals surface area contributed by atoms with Crippen molar-refractivity contribution in [3.8, 4) is 0 Å². The lowest BCUT2D eigenvalue weighted by Gasteiger charge is -1.68. The predicted octanol–water partition coefficient (Wildman–Crippen LogP) is 1.08. The fourth-order valence-electron chi connectivity index (χ4n) is 0. The van der Waals surface area contributed by atoms with Gasteiger partial charge in [-0.3, -0.25) is 5.41 Å². The fourth-order valence-corrected chi connectivity index (χ4v) is 0. The summed E-state index contributed by atoms with van der Waals surface area (Å²) >= 11 is 3.56. The van der Waals surface area contributed by atoms with Crippen molar-refractivity contribution >= 4 is 17.7 Å². The Morgan fingerprint density at radius 2 is 2.20 bits per heavy atom. The molecule has 0 rings (SSSR count). The van der Waals surface area contributed by atoms with Gasteiger partial charge in [-0.25, -0.2) is 0 Å². The van der Waals surface area contributed by atoms with Crippen LogP contribution in [-0.4, -0.2) is 5.04 Å². The normalized spacial score (nSPS) is 6.60. The van der Waals surface area contributed by atoms with Gasteiger partial charge < -0.3 is 0 Å². The first-order valence-corrected chi connectivity index (χ1v) is 1.62. The van der Waals surface area contributed by atoms with Gasteiger partial charge in [0.05, 0.1) is 5.04 Å². The third kappa shape index (κ3) is 3.76. The molecular weight excluding hydrogens is 82.1 g/mol. The van der Waals surface area contributed by atoms with Crippen molar-refractivity contribution in [1.29, 1.82) is 5.41 Å². The van der Waals surface area contributed by atoms with Crippen LogP contribution in [0.25, 0.3) is 0 Å². The van der Waals surface area contributed by atoms with E-state index in [0.29, 0.717) is 0 Å². The van der Waals surface area contributed by atoms with Gasteiger partial charge in [-0.15, -0.1) is 12.6 Å². The summed E-state index contributed by atoms with van der Waals surface area (Å²) in [6, 6.07) is 0. The summed E-state index contributed by atoms with van der Waals surface area (Å²) in [4.78, 5) is 0. The van der Waals surface area contributed by atoms with E-state index in [1.54, 1.807) is 0 Å². The first-order chi connectivity index (χ1) is 2.27. The lowest BCUT2D eigenvalue weighted by atomic mass is 10.7. The smallest absolute Gasteiger partial charge is 0.0833 e. The van der Waals surface area contributed by atoms with Gasteiger partial charge in [0.1, 0.15) is 0 Å². The second-order valence-electron chi connectivity index (χ2n) is 0.589. The Bertz CT molecular complexity index is 57.9. The molecule has 0 radical (unpaired) electrons. The van der Waals surface area contributed by atoms with Crippen molar-refractivity contribution in [2.24, 2.45) is 0 Å². The van der Waals surface area contributed by atoms with Crippen LogP contribution in [0.2, 0.25) is 0 Å². The number of hydrogen-bond acceptors (Lipinski definition) is 1. The fraction of sp³-hybridized carbons (Fsp3) is 0. The quantitative estimate of drug-likeness (QED) is 0.272. The highest BCUT2D eigenvalue weighted by molar-refractivity contribution is 7.97. The molecule has 0 spiro atoms. The standard InChI is InChI=1S/C3H5NS/c1-2-3(4)5/h2H,1H2,(H2,4,5). The Balaban J connectivity index is 3.20. The number of nitrogens with one attached hydrogen (secondary N) is 1. The molecule has 0 aliphatic heterocycles. The van der Waals surface area contributed by atoms with Gasteiger partial charge in [0, 0.05) is 0 Å². The Labute approximate surface area is 36.6 Å². The Kier molecular flexibility index (Phi) is 1.93. The molecule has 0 heterocycles. The average molecular weight is 87.1 g/mol. The summed E-state index contributed by atoms with van der Waals surface area (Å²) in [5.41, 5.74) is 0. The van der Waals surface area contributed by atoms with E-state index >= 15 is 0 Å². The van der Waals surface area contributed by atoms with Gasteiger partial charge in [0.25, 0.3) is 0 Å². The maximum absolute atomic E-state index is 6.49. The van der Waals surface area contributed by atoms with Crippen LogP contribution in [0.5, 0.6) is 0 Å². The number of thiol groups is 1. The van der Waals surface area contributed by atoms with Crippen LogP contribution in [0.1, 0.15) is 0 Å². The molecule has 0 aromatic carbocycles. The molecule has 1 N–H and O–H groups in total. The van der Waals surface area contributed by atoms with E-state index in [0.717, 1.165) is 0 Å². The van der Waals surface area contributed by atoms with E-state index in [4.69, 9.17) is 5.41 Å². The molecule has 0 atom stereocenters. The van der Waals surface area contributed by atoms with Gasteiger partial charge in [-0.2, -0.15) is 0 Å². The Hall–Kier alpha value is -0.240. The maximum atomic E-state index is 6.49. The molecular formula is C3H5NS.